The second-order valence-electron chi connectivity index (χ2n) is 5.82. The number of ether oxygens (including phenoxy) is 1. The third kappa shape index (κ3) is 2.26. The molecule has 98 valence electrons. The Hall–Kier alpha value is -1.02. The average Bonchev–Trinajstić information content (AvgIpc) is 3.21. The van der Waals surface area contributed by atoms with Crippen LogP contribution < -0.4 is 10.1 Å². The van der Waals surface area contributed by atoms with Crippen LogP contribution in [0.3, 0.4) is 0 Å². The van der Waals surface area contributed by atoms with Crippen LogP contribution >= 0.6 is 0 Å². The van der Waals surface area contributed by atoms with Crippen molar-refractivity contribution in [3.05, 3.63) is 29.3 Å². The first-order chi connectivity index (χ1) is 8.79. The van der Waals surface area contributed by atoms with E-state index < -0.39 is 0 Å². The molecule has 2 aliphatic rings. The van der Waals surface area contributed by atoms with Gasteiger partial charge in [0, 0.05) is 17.5 Å². The fraction of sp³-hybridized carbons (Fsp3) is 0.625. The highest BCUT2D eigenvalue weighted by molar-refractivity contribution is 5.45. The van der Waals surface area contributed by atoms with Gasteiger partial charge in [0.1, 0.15) is 5.75 Å². The average molecular weight is 245 g/mol. The molecule has 2 heteroatoms. The van der Waals surface area contributed by atoms with E-state index in [1.165, 1.54) is 43.4 Å². The molecule has 2 atom stereocenters. The number of nitrogens with one attached hydrogen (secondary N) is 1. The van der Waals surface area contributed by atoms with Crippen LogP contribution in [0, 0.1) is 5.92 Å². The van der Waals surface area contributed by atoms with Gasteiger partial charge in [-0.05, 0) is 49.8 Å². The lowest BCUT2D eigenvalue weighted by Gasteiger charge is -2.33. The van der Waals surface area contributed by atoms with Gasteiger partial charge in [-0.3, -0.25) is 0 Å². The summed E-state index contributed by atoms with van der Waals surface area (Å²) in [6, 6.07) is 7.08. The molecule has 0 aliphatic heterocycles. The zero-order chi connectivity index (χ0) is 12.5. The Kier molecular flexibility index (Phi) is 3.29. The second kappa shape index (κ2) is 4.93. The molecule has 0 aromatic heterocycles. The number of methoxy groups -OCH3 is 1. The van der Waals surface area contributed by atoms with Crippen LogP contribution in [-0.4, -0.2) is 19.7 Å². The van der Waals surface area contributed by atoms with Gasteiger partial charge in [-0.1, -0.05) is 19.1 Å². The van der Waals surface area contributed by atoms with Crippen LogP contribution in [0.15, 0.2) is 18.2 Å². The molecular formula is C16H23NO. The van der Waals surface area contributed by atoms with E-state index in [9.17, 15) is 0 Å². The summed E-state index contributed by atoms with van der Waals surface area (Å²) in [5, 5.41) is 3.77. The van der Waals surface area contributed by atoms with Crippen LogP contribution in [0.25, 0.3) is 0 Å². The zero-order valence-corrected chi connectivity index (χ0v) is 11.4. The van der Waals surface area contributed by atoms with E-state index in [1.807, 2.05) is 0 Å². The van der Waals surface area contributed by atoms with Crippen molar-refractivity contribution in [3.8, 4) is 5.75 Å². The maximum atomic E-state index is 5.54. The standard InChI is InChI=1S/C16H23NO/c1-11-14(17-10-12-6-7-12)9-8-13-4-3-5-15(18-2)16(11)13/h3-5,11-12,14,17H,6-10H2,1-2H3/t11?,14-/m1/s1. The van der Waals surface area contributed by atoms with E-state index >= 15 is 0 Å². The molecule has 1 unspecified atom stereocenters. The third-order valence-electron chi connectivity index (χ3n) is 4.53. The Bertz CT molecular complexity index is 411. The minimum Gasteiger partial charge on any atom is -0.496 e. The summed E-state index contributed by atoms with van der Waals surface area (Å²) in [6.45, 7) is 3.55. The number of rotatable bonds is 4. The Balaban J connectivity index is 1.78. The van der Waals surface area contributed by atoms with Crippen molar-refractivity contribution >= 4 is 0 Å². The van der Waals surface area contributed by atoms with Gasteiger partial charge in [-0.25, -0.2) is 0 Å². The molecule has 1 aromatic carbocycles. The monoisotopic (exact) mass is 245 g/mol. The van der Waals surface area contributed by atoms with E-state index in [0.717, 1.165) is 11.7 Å². The molecule has 1 fully saturated rings. The van der Waals surface area contributed by atoms with Gasteiger partial charge in [0.2, 0.25) is 0 Å². The fourth-order valence-electron chi connectivity index (χ4n) is 3.18. The molecule has 2 aliphatic carbocycles. The molecule has 3 rings (SSSR count). The third-order valence-corrected chi connectivity index (χ3v) is 4.53. The lowest BCUT2D eigenvalue weighted by Crippen LogP contribution is -2.38. The number of hydrogen-bond acceptors (Lipinski definition) is 2. The van der Waals surface area contributed by atoms with Gasteiger partial charge in [0.15, 0.2) is 0 Å². The topological polar surface area (TPSA) is 21.3 Å². The predicted octanol–water partition coefficient (Wildman–Crippen LogP) is 3.11. The van der Waals surface area contributed by atoms with Gasteiger partial charge >= 0.3 is 0 Å². The summed E-state index contributed by atoms with van der Waals surface area (Å²) in [6.07, 6.45) is 5.29. The quantitative estimate of drug-likeness (QED) is 0.880. The summed E-state index contributed by atoms with van der Waals surface area (Å²) >= 11 is 0. The Morgan fingerprint density at radius 3 is 2.83 bits per heavy atom. The van der Waals surface area contributed by atoms with Crippen LogP contribution in [0.1, 0.15) is 43.2 Å². The Morgan fingerprint density at radius 2 is 2.11 bits per heavy atom. The molecule has 1 N–H and O–H groups in total. The summed E-state index contributed by atoms with van der Waals surface area (Å²) < 4.78 is 5.54. The summed E-state index contributed by atoms with van der Waals surface area (Å²) in [4.78, 5) is 0. The zero-order valence-electron chi connectivity index (χ0n) is 11.4. The first kappa shape index (κ1) is 12.0. The van der Waals surface area contributed by atoms with Crippen molar-refractivity contribution < 1.29 is 4.74 Å². The first-order valence-electron chi connectivity index (χ1n) is 7.18. The van der Waals surface area contributed by atoms with Crippen molar-refractivity contribution in [2.45, 2.75) is 44.6 Å². The molecule has 1 saturated carbocycles. The maximum absolute atomic E-state index is 5.54. The van der Waals surface area contributed by atoms with Crippen LogP contribution in [0.4, 0.5) is 0 Å². The van der Waals surface area contributed by atoms with E-state index in [1.54, 1.807) is 7.11 Å². The molecule has 0 radical (unpaired) electrons. The van der Waals surface area contributed by atoms with Gasteiger partial charge < -0.3 is 10.1 Å². The second-order valence-corrected chi connectivity index (χ2v) is 5.82. The Morgan fingerprint density at radius 1 is 1.28 bits per heavy atom. The molecule has 0 saturated heterocycles. The lowest BCUT2D eigenvalue weighted by molar-refractivity contribution is 0.366. The smallest absolute Gasteiger partial charge is 0.122 e. The largest absolute Gasteiger partial charge is 0.496 e. The lowest BCUT2D eigenvalue weighted by atomic mass is 9.79. The van der Waals surface area contributed by atoms with Gasteiger partial charge in [-0.15, -0.1) is 0 Å². The van der Waals surface area contributed by atoms with E-state index in [4.69, 9.17) is 4.74 Å². The highest BCUT2D eigenvalue weighted by Gasteiger charge is 2.30. The minimum atomic E-state index is 0.559. The van der Waals surface area contributed by atoms with E-state index in [0.29, 0.717) is 12.0 Å². The number of benzene rings is 1. The van der Waals surface area contributed by atoms with Crippen molar-refractivity contribution in [1.82, 2.24) is 5.32 Å². The maximum Gasteiger partial charge on any atom is 0.122 e. The highest BCUT2D eigenvalue weighted by atomic mass is 16.5. The molecule has 0 amide bonds. The first-order valence-corrected chi connectivity index (χ1v) is 7.18. The number of fused-ring (bicyclic) bond motifs is 1. The minimum absolute atomic E-state index is 0.559. The normalized spacial score (nSPS) is 26.8. The molecule has 0 heterocycles. The van der Waals surface area contributed by atoms with Crippen LogP contribution in [-0.2, 0) is 6.42 Å². The van der Waals surface area contributed by atoms with Crippen LogP contribution in [0.5, 0.6) is 5.75 Å². The highest BCUT2D eigenvalue weighted by Crippen LogP contribution is 2.38. The van der Waals surface area contributed by atoms with E-state index in [2.05, 4.69) is 30.4 Å². The molecular weight excluding hydrogens is 222 g/mol. The van der Waals surface area contributed by atoms with E-state index in [-0.39, 0.29) is 0 Å². The molecule has 2 nitrogen and oxygen atoms in total. The van der Waals surface area contributed by atoms with Crippen molar-refractivity contribution in [2.75, 3.05) is 13.7 Å². The number of hydrogen-bond donors (Lipinski definition) is 1. The van der Waals surface area contributed by atoms with Gasteiger partial charge in [-0.2, -0.15) is 0 Å². The fourth-order valence-corrected chi connectivity index (χ4v) is 3.18. The number of aryl methyl sites for hydroxylation is 1. The SMILES string of the molecule is COc1cccc2c1C(C)[C@H](NCC1CC1)CC2. The van der Waals surface area contributed by atoms with Gasteiger partial charge in [0.25, 0.3) is 0 Å². The Labute approximate surface area is 110 Å². The summed E-state index contributed by atoms with van der Waals surface area (Å²) in [5.41, 5.74) is 2.91. The van der Waals surface area contributed by atoms with Crippen molar-refractivity contribution in [2.24, 2.45) is 5.92 Å². The molecule has 18 heavy (non-hydrogen) atoms. The van der Waals surface area contributed by atoms with Crippen molar-refractivity contribution in [3.63, 3.8) is 0 Å². The van der Waals surface area contributed by atoms with Crippen molar-refractivity contribution in [1.29, 1.82) is 0 Å². The summed E-state index contributed by atoms with van der Waals surface area (Å²) in [7, 11) is 1.78. The van der Waals surface area contributed by atoms with Gasteiger partial charge in [0.05, 0.1) is 7.11 Å². The molecule has 1 aromatic rings. The predicted molar refractivity (Wildman–Crippen MR) is 74.2 cm³/mol. The molecule has 0 spiro atoms. The van der Waals surface area contributed by atoms with Crippen LogP contribution in [0.2, 0.25) is 0 Å². The molecule has 0 bridgehead atoms. The summed E-state index contributed by atoms with van der Waals surface area (Å²) in [5.74, 6) is 2.58.